The maximum atomic E-state index is 3.79. The summed E-state index contributed by atoms with van der Waals surface area (Å²) in [5.41, 5.74) is 0.300. The maximum Gasteiger partial charge on any atom is 0.0407 e. The monoisotopic (exact) mass is 358 g/mol. The molecular weight excluding hydrogens is 348 g/mol. The van der Waals surface area contributed by atoms with Gasteiger partial charge in [-0.2, -0.15) is 0 Å². The standard InChI is InChI=1S/C9H13Br3/c1-8(2)3-7(11)4-9(12,5-8)6-10/h3H,4-6H2,1-2H3. The predicted octanol–water partition coefficient (Wildman–Crippen LogP) is 4.61. The lowest BCUT2D eigenvalue weighted by Crippen LogP contribution is -2.33. The van der Waals surface area contributed by atoms with Gasteiger partial charge in [0.05, 0.1) is 0 Å². The minimum atomic E-state index is 0.240. The summed E-state index contributed by atoms with van der Waals surface area (Å²) in [5.74, 6) is 0. The summed E-state index contributed by atoms with van der Waals surface area (Å²) in [6.45, 7) is 4.54. The molecule has 0 aromatic carbocycles. The van der Waals surface area contributed by atoms with Crippen LogP contribution in [-0.2, 0) is 0 Å². The minimum absolute atomic E-state index is 0.240. The molecule has 70 valence electrons. The van der Waals surface area contributed by atoms with Gasteiger partial charge in [0.2, 0.25) is 0 Å². The summed E-state index contributed by atoms with van der Waals surface area (Å²) >= 11 is 10.9. The van der Waals surface area contributed by atoms with Gasteiger partial charge in [-0.3, -0.25) is 0 Å². The third-order valence-corrected chi connectivity index (χ3v) is 5.22. The van der Waals surface area contributed by atoms with Crippen LogP contribution in [0.15, 0.2) is 10.6 Å². The molecule has 12 heavy (non-hydrogen) atoms. The van der Waals surface area contributed by atoms with E-state index < -0.39 is 0 Å². The summed E-state index contributed by atoms with van der Waals surface area (Å²) < 4.78 is 1.56. The van der Waals surface area contributed by atoms with E-state index in [0.29, 0.717) is 5.41 Å². The predicted molar refractivity (Wildman–Crippen MR) is 65.5 cm³/mol. The molecule has 1 rings (SSSR count). The molecular formula is C9H13Br3. The molecule has 0 heterocycles. The van der Waals surface area contributed by atoms with Gasteiger partial charge in [-0.15, -0.1) is 0 Å². The third kappa shape index (κ3) is 2.85. The van der Waals surface area contributed by atoms with Crippen molar-refractivity contribution in [3.8, 4) is 0 Å². The Hall–Kier alpha value is 1.18. The van der Waals surface area contributed by atoms with Crippen molar-refractivity contribution in [2.45, 2.75) is 31.0 Å². The Balaban J connectivity index is 2.86. The van der Waals surface area contributed by atoms with E-state index in [1.54, 1.807) is 0 Å². The van der Waals surface area contributed by atoms with Gasteiger partial charge >= 0.3 is 0 Å². The zero-order valence-corrected chi connectivity index (χ0v) is 12.1. The van der Waals surface area contributed by atoms with Crippen LogP contribution in [0.25, 0.3) is 0 Å². The number of allylic oxidation sites excluding steroid dienone is 2. The molecule has 0 aliphatic heterocycles. The van der Waals surface area contributed by atoms with Gasteiger partial charge in [-0.1, -0.05) is 67.7 Å². The van der Waals surface area contributed by atoms with Gasteiger partial charge in [-0.05, 0) is 22.7 Å². The van der Waals surface area contributed by atoms with Gasteiger partial charge in [0.15, 0.2) is 0 Å². The Kier molecular flexibility index (Phi) is 3.51. The van der Waals surface area contributed by atoms with Crippen LogP contribution in [0.5, 0.6) is 0 Å². The summed E-state index contributed by atoms with van der Waals surface area (Å²) in [5, 5.41) is 1.01. The van der Waals surface area contributed by atoms with E-state index in [9.17, 15) is 0 Å². The SMILES string of the molecule is CC1(C)C=C(Br)CC(Br)(CBr)C1. The first kappa shape index (κ1) is 11.3. The van der Waals surface area contributed by atoms with Crippen LogP contribution in [0.3, 0.4) is 0 Å². The molecule has 0 aromatic rings. The van der Waals surface area contributed by atoms with Crippen molar-refractivity contribution in [1.82, 2.24) is 0 Å². The first-order chi connectivity index (χ1) is 5.37. The highest BCUT2D eigenvalue weighted by Gasteiger charge is 2.36. The van der Waals surface area contributed by atoms with Gasteiger partial charge in [-0.25, -0.2) is 0 Å². The number of hydrogen-bond donors (Lipinski definition) is 0. The Bertz CT molecular complexity index is 208. The summed E-state index contributed by atoms with van der Waals surface area (Å²) in [7, 11) is 0. The van der Waals surface area contributed by atoms with Crippen LogP contribution in [0.1, 0.15) is 26.7 Å². The Morgan fingerprint density at radius 1 is 1.50 bits per heavy atom. The zero-order valence-electron chi connectivity index (χ0n) is 7.33. The molecule has 0 fully saturated rings. The van der Waals surface area contributed by atoms with E-state index in [4.69, 9.17) is 0 Å². The Labute approximate surface area is 99.6 Å². The Morgan fingerprint density at radius 2 is 2.08 bits per heavy atom. The van der Waals surface area contributed by atoms with Crippen LogP contribution in [0, 0.1) is 5.41 Å². The minimum Gasteiger partial charge on any atom is -0.0913 e. The van der Waals surface area contributed by atoms with E-state index in [1.165, 1.54) is 10.9 Å². The van der Waals surface area contributed by atoms with Crippen LogP contribution >= 0.6 is 47.8 Å². The molecule has 0 N–H and O–H groups in total. The fraction of sp³-hybridized carbons (Fsp3) is 0.778. The molecule has 1 aliphatic carbocycles. The fourth-order valence-electron chi connectivity index (χ4n) is 1.80. The average Bonchev–Trinajstić information content (AvgIpc) is 1.82. The van der Waals surface area contributed by atoms with Crippen molar-refractivity contribution in [1.29, 1.82) is 0 Å². The molecule has 0 bridgehead atoms. The number of hydrogen-bond acceptors (Lipinski definition) is 0. The average molecular weight is 361 g/mol. The molecule has 1 atom stereocenters. The van der Waals surface area contributed by atoms with Gasteiger partial charge in [0.1, 0.15) is 0 Å². The highest BCUT2D eigenvalue weighted by Crippen LogP contribution is 2.46. The van der Waals surface area contributed by atoms with Crippen molar-refractivity contribution >= 4 is 47.8 Å². The lowest BCUT2D eigenvalue weighted by molar-refractivity contribution is 0.364. The number of alkyl halides is 2. The van der Waals surface area contributed by atoms with Crippen molar-refractivity contribution in [2.24, 2.45) is 5.41 Å². The second-order valence-corrected chi connectivity index (χ2v) is 7.48. The quantitative estimate of drug-likeness (QED) is 0.599. The van der Waals surface area contributed by atoms with Crippen molar-refractivity contribution < 1.29 is 0 Å². The van der Waals surface area contributed by atoms with E-state index in [1.807, 2.05) is 0 Å². The molecule has 0 saturated heterocycles. The molecule has 3 heteroatoms. The topological polar surface area (TPSA) is 0 Å². The fourth-order valence-corrected chi connectivity index (χ4v) is 4.76. The second kappa shape index (κ2) is 3.74. The number of halogens is 3. The number of rotatable bonds is 1. The van der Waals surface area contributed by atoms with Gasteiger partial charge in [0, 0.05) is 9.65 Å². The first-order valence-electron chi connectivity index (χ1n) is 3.99. The van der Waals surface area contributed by atoms with Gasteiger partial charge < -0.3 is 0 Å². The smallest absolute Gasteiger partial charge is 0.0407 e. The van der Waals surface area contributed by atoms with Gasteiger partial charge in [0.25, 0.3) is 0 Å². The lowest BCUT2D eigenvalue weighted by Gasteiger charge is -2.37. The molecule has 0 aromatic heterocycles. The van der Waals surface area contributed by atoms with E-state index in [-0.39, 0.29) is 4.32 Å². The molecule has 0 radical (unpaired) electrons. The zero-order chi connectivity index (χ0) is 9.41. The summed E-state index contributed by atoms with van der Waals surface area (Å²) in [6, 6.07) is 0. The second-order valence-electron chi connectivity index (χ2n) is 4.22. The molecule has 0 saturated carbocycles. The Morgan fingerprint density at radius 3 is 2.50 bits per heavy atom. The van der Waals surface area contributed by atoms with E-state index >= 15 is 0 Å². The molecule has 0 amide bonds. The normalized spacial score (nSPS) is 34.6. The van der Waals surface area contributed by atoms with Crippen LogP contribution < -0.4 is 0 Å². The molecule has 1 unspecified atom stereocenters. The highest BCUT2D eigenvalue weighted by molar-refractivity contribution is 9.12. The molecule has 0 nitrogen and oxygen atoms in total. The van der Waals surface area contributed by atoms with E-state index in [2.05, 4.69) is 67.7 Å². The molecule has 1 aliphatic rings. The van der Waals surface area contributed by atoms with Crippen LogP contribution in [-0.4, -0.2) is 9.65 Å². The summed E-state index contributed by atoms with van der Waals surface area (Å²) in [6.07, 6.45) is 4.58. The lowest BCUT2D eigenvalue weighted by atomic mass is 9.78. The van der Waals surface area contributed by atoms with E-state index in [0.717, 1.165) is 11.8 Å². The van der Waals surface area contributed by atoms with Crippen LogP contribution in [0.4, 0.5) is 0 Å². The van der Waals surface area contributed by atoms with Crippen molar-refractivity contribution in [3.63, 3.8) is 0 Å². The third-order valence-electron chi connectivity index (χ3n) is 2.04. The first-order valence-corrected chi connectivity index (χ1v) is 6.70. The van der Waals surface area contributed by atoms with Crippen molar-refractivity contribution in [2.75, 3.05) is 5.33 Å². The maximum absolute atomic E-state index is 3.79. The molecule has 0 spiro atoms. The largest absolute Gasteiger partial charge is 0.0913 e. The summed E-state index contributed by atoms with van der Waals surface area (Å²) in [4.78, 5) is 0. The van der Waals surface area contributed by atoms with Crippen molar-refractivity contribution in [3.05, 3.63) is 10.6 Å². The highest BCUT2D eigenvalue weighted by atomic mass is 79.9. The van der Waals surface area contributed by atoms with Crippen LogP contribution in [0.2, 0.25) is 0 Å².